The Kier molecular flexibility index (Phi) is 6.62. The normalized spacial score (nSPS) is 15.3. The van der Waals surface area contributed by atoms with Crippen molar-refractivity contribution in [1.29, 1.82) is 0 Å². The molecule has 1 aliphatic heterocycles. The van der Waals surface area contributed by atoms with Crippen LogP contribution in [0, 0.1) is 0 Å². The maximum atomic E-state index is 8.81. The van der Waals surface area contributed by atoms with Crippen LogP contribution in [0.15, 0.2) is 5.10 Å². The highest BCUT2D eigenvalue weighted by molar-refractivity contribution is 5.75. The van der Waals surface area contributed by atoms with E-state index < -0.39 is 0 Å². The number of hydrogen-bond donors (Lipinski definition) is 2. The molecule has 0 aromatic carbocycles. The second-order valence-electron chi connectivity index (χ2n) is 2.33. The maximum Gasteiger partial charge on any atom is 0.208 e. The number of ether oxygens (including phenoxy) is 1. The van der Waals surface area contributed by atoms with E-state index in [4.69, 9.17) is 21.0 Å². The Hall–Kier alpha value is -1.30. The van der Waals surface area contributed by atoms with Crippen LogP contribution in [0.25, 0.3) is 0 Å². The molecular formula is C7H16N4O2. The van der Waals surface area contributed by atoms with E-state index in [1.54, 1.807) is 5.01 Å². The number of morpholine rings is 1. The van der Waals surface area contributed by atoms with Gasteiger partial charge in [0.25, 0.3) is 0 Å². The molecule has 0 unspecified atom stereocenters. The summed E-state index contributed by atoms with van der Waals surface area (Å²) in [4.78, 5) is 8.81. The van der Waals surface area contributed by atoms with Crippen molar-refractivity contribution in [2.75, 3.05) is 26.3 Å². The highest BCUT2D eigenvalue weighted by Gasteiger charge is 2.06. The summed E-state index contributed by atoms with van der Waals surface area (Å²) in [6.07, 6.45) is 0.750. The Morgan fingerprint density at radius 3 is 2.31 bits per heavy atom. The number of hydrazone groups is 1. The summed E-state index contributed by atoms with van der Waals surface area (Å²) in [7, 11) is 0. The van der Waals surface area contributed by atoms with Gasteiger partial charge in [0.15, 0.2) is 0 Å². The summed E-state index contributed by atoms with van der Waals surface area (Å²) in [5.41, 5.74) is 10.3. The molecule has 0 bridgehead atoms. The van der Waals surface area contributed by atoms with Crippen molar-refractivity contribution in [3.63, 3.8) is 0 Å². The molecule has 6 heteroatoms. The van der Waals surface area contributed by atoms with Crippen LogP contribution in [-0.4, -0.2) is 43.6 Å². The summed E-state index contributed by atoms with van der Waals surface area (Å²) in [6.45, 7) is 4.41. The molecule has 1 heterocycles. The number of aldehydes is 1. The van der Waals surface area contributed by atoms with Crippen LogP contribution in [0.5, 0.6) is 0 Å². The monoisotopic (exact) mass is 188 g/mol. The molecule has 0 spiro atoms. The number of hydrogen-bond acceptors (Lipinski definition) is 4. The average molecular weight is 188 g/mol. The lowest BCUT2D eigenvalue weighted by Gasteiger charge is -2.23. The zero-order valence-electron chi connectivity index (χ0n) is 7.77. The van der Waals surface area contributed by atoms with Crippen LogP contribution in [0.3, 0.4) is 0 Å². The van der Waals surface area contributed by atoms with Gasteiger partial charge in [-0.25, -0.2) is 0 Å². The van der Waals surface area contributed by atoms with Crippen LogP contribution >= 0.6 is 0 Å². The maximum absolute atomic E-state index is 8.81. The van der Waals surface area contributed by atoms with Gasteiger partial charge >= 0.3 is 0 Å². The Morgan fingerprint density at radius 1 is 1.46 bits per heavy atom. The highest BCUT2D eigenvalue weighted by Crippen LogP contribution is 1.95. The fourth-order valence-corrected chi connectivity index (χ4v) is 0.817. The first-order valence-electron chi connectivity index (χ1n) is 4.02. The van der Waals surface area contributed by atoms with E-state index in [-0.39, 0.29) is 5.96 Å². The minimum absolute atomic E-state index is 0.113. The summed E-state index contributed by atoms with van der Waals surface area (Å²) in [5, 5.41) is 5.67. The summed E-state index contributed by atoms with van der Waals surface area (Å²) < 4.78 is 5.09. The van der Waals surface area contributed by atoms with Crippen molar-refractivity contribution < 1.29 is 9.53 Å². The van der Waals surface area contributed by atoms with Crippen molar-refractivity contribution in [3.05, 3.63) is 0 Å². The topological polar surface area (TPSA) is 93.9 Å². The number of nitrogens with two attached hydrogens (primary N) is 2. The van der Waals surface area contributed by atoms with Crippen LogP contribution in [0.4, 0.5) is 0 Å². The van der Waals surface area contributed by atoms with E-state index in [2.05, 4.69) is 5.10 Å². The number of rotatable bonds is 1. The van der Waals surface area contributed by atoms with Crippen LogP contribution < -0.4 is 11.5 Å². The number of carbonyl (C=O) groups is 1. The van der Waals surface area contributed by atoms with Gasteiger partial charge in [-0.05, 0) is 6.92 Å². The number of nitrogens with zero attached hydrogens (tertiary/aromatic N) is 2. The number of guanidine groups is 1. The predicted octanol–water partition coefficient (Wildman–Crippen LogP) is -1.29. The minimum atomic E-state index is 0.113. The molecule has 1 aliphatic rings. The van der Waals surface area contributed by atoms with E-state index in [1.165, 1.54) is 6.92 Å². The minimum Gasteiger partial charge on any atom is -0.378 e. The van der Waals surface area contributed by atoms with E-state index in [1.807, 2.05) is 0 Å². The first-order chi connectivity index (χ1) is 6.20. The summed E-state index contributed by atoms with van der Waals surface area (Å²) in [5.74, 6) is 0.113. The van der Waals surface area contributed by atoms with Crippen LogP contribution in [0.2, 0.25) is 0 Å². The molecule has 0 amide bonds. The molecule has 0 aromatic heterocycles. The first-order valence-corrected chi connectivity index (χ1v) is 4.02. The Morgan fingerprint density at radius 2 is 1.92 bits per heavy atom. The molecule has 6 nitrogen and oxygen atoms in total. The lowest BCUT2D eigenvalue weighted by molar-refractivity contribution is -0.106. The second-order valence-corrected chi connectivity index (χ2v) is 2.33. The molecule has 0 saturated carbocycles. The van der Waals surface area contributed by atoms with Crippen LogP contribution in [0.1, 0.15) is 6.92 Å². The third-order valence-electron chi connectivity index (χ3n) is 1.24. The summed E-state index contributed by atoms with van der Waals surface area (Å²) in [6, 6.07) is 0. The van der Waals surface area contributed by atoms with Crippen molar-refractivity contribution in [2.24, 2.45) is 16.6 Å². The third kappa shape index (κ3) is 7.07. The fraction of sp³-hybridized carbons (Fsp3) is 0.714. The molecule has 1 fully saturated rings. The van der Waals surface area contributed by atoms with Crippen molar-refractivity contribution in [1.82, 2.24) is 5.01 Å². The van der Waals surface area contributed by atoms with Gasteiger partial charge in [0.1, 0.15) is 6.29 Å². The van der Waals surface area contributed by atoms with E-state index in [9.17, 15) is 0 Å². The first kappa shape index (κ1) is 11.7. The molecule has 0 atom stereocenters. The lowest BCUT2D eigenvalue weighted by Crippen LogP contribution is -2.36. The van der Waals surface area contributed by atoms with Crippen molar-refractivity contribution >= 4 is 12.2 Å². The Balaban J connectivity index is 0.000000424. The predicted molar refractivity (Wildman–Crippen MR) is 49.9 cm³/mol. The van der Waals surface area contributed by atoms with Crippen LogP contribution in [-0.2, 0) is 9.53 Å². The Labute approximate surface area is 77.5 Å². The smallest absolute Gasteiger partial charge is 0.208 e. The Bertz CT molecular complexity index is 162. The highest BCUT2D eigenvalue weighted by atomic mass is 16.5. The quantitative estimate of drug-likeness (QED) is 0.303. The fourth-order valence-electron chi connectivity index (χ4n) is 0.817. The van der Waals surface area contributed by atoms with Gasteiger partial charge in [0.05, 0.1) is 26.3 Å². The van der Waals surface area contributed by atoms with E-state index >= 15 is 0 Å². The molecule has 1 rings (SSSR count). The zero-order valence-corrected chi connectivity index (χ0v) is 7.77. The third-order valence-corrected chi connectivity index (χ3v) is 1.24. The lowest BCUT2D eigenvalue weighted by atomic mass is 10.5. The second kappa shape index (κ2) is 7.35. The number of carbonyl (C=O) groups excluding carboxylic acids is 1. The van der Waals surface area contributed by atoms with E-state index in [0.29, 0.717) is 13.2 Å². The van der Waals surface area contributed by atoms with Gasteiger partial charge in [-0.15, -0.1) is 5.10 Å². The molecule has 13 heavy (non-hydrogen) atoms. The van der Waals surface area contributed by atoms with Gasteiger partial charge in [-0.1, -0.05) is 0 Å². The average Bonchev–Trinajstić information content (AvgIpc) is 2.06. The van der Waals surface area contributed by atoms with Gasteiger partial charge in [-0.3, -0.25) is 5.01 Å². The molecule has 0 aliphatic carbocycles. The molecule has 4 N–H and O–H groups in total. The summed E-state index contributed by atoms with van der Waals surface area (Å²) >= 11 is 0. The van der Waals surface area contributed by atoms with Gasteiger partial charge < -0.3 is 21.0 Å². The SMILES string of the molecule is CC=O.NC(N)=NN1CCOCC1. The van der Waals surface area contributed by atoms with Gasteiger partial charge in [0.2, 0.25) is 5.96 Å². The zero-order chi connectivity index (χ0) is 10.1. The van der Waals surface area contributed by atoms with Crippen molar-refractivity contribution in [2.45, 2.75) is 6.92 Å². The molecular weight excluding hydrogens is 172 g/mol. The molecule has 0 radical (unpaired) electrons. The van der Waals surface area contributed by atoms with E-state index in [0.717, 1.165) is 19.4 Å². The molecule has 1 saturated heterocycles. The standard InChI is InChI=1S/C5H12N4O.C2H4O/c6-5(7)8-9-1-3-10-4-2-9;1-2-3/h1-4H2,(H4,6,7,8);2H,1H3. The largest absolute Gasteiger partial charge is 0.378 e. The molecule has 0 aromatic rings. The van der Waals surface area contributed by atoms with Gasteiger partial charge in [-0.2, -0.15) is 0 Å². The molecule has 76 valence electrons. The van der Waals surface area contributed by atoms with Crippen molar-refractivity contribution in [3.8, 4) is 0 Å². The van der Waals surface area contributed by atoms with Gasteiger partial charge in [0, 0.05) is 0 Å².